The third-order valence-electron chi connectivity index (χ3n) is 4.33. The van der Waals surface area contributed by atoms with Gasteiger partial charge < -0.3 is 10.8 Å². The number of anilines is 1. The van der Waals surface area contributed by atoms with Crippen LogP contribution in [0.2, 0.25) is 0 Å². The third-order valence-corrected chi connectivity index (χ3v) is 4.33. The molecule has 0 aromatic heterocycles. The van der Waals surface area contributed by atoms with Gasteiger partial charge in [-0.15, -0.1) is 0 Å². The molecule has 0 aliphatic carbocycles. The Kier molecular flexibility index (Phi) is 3.59. The minimum atomic E-state index is -1.58. The molecule has 1 unspecified atom stereocenters. The summed E-state index contributed by atoms with van der Waals surface area (Å²) in [6.45, 7) is 7.98. The number of hydrogen-bond acceptors (Lipinski definition) is 3. The van der Waals surface area contributed by atoms with Crippen molar-refractivity contribution in [1.82, 2.24) is 0 Å². The lowest BCUT2D eigenvalue weighted by Crippen LogP contribution is -2.39. The van der Waals surface area contributed by atoms with Gasteiger partial charge in [0, 0.05) is 16.8 Å². The Morgan fingerprint density at radius 2 is 1.35 bits per heavy atom. The summed E-state index contributed by atoms with van der Waals surface area (Å²) in [6, 6.07) is 9.22. The zero-order valence-electron chi connectivity index (χ0n) is 12.5. The van der Waals surface area contributed by atoms with Crippen LogP contribution >= 0.6 is 0 Å². The summed E-state index contributed by atoms with van der Waals surface area (Å²) < 4.78 is 0. The Balaban J connectivity index is 2.76. The van der Waals surface area contributed by atoms with Crippen LogP contribution in [0.4, 0.5) is 5.69 Å². The molecule has 0 saturated carbocycles. The van der Waals surface area contributed by atoms with Gasteiger partial charge in [-0.1, -0.05) is 30.3 Å². The molecule has 5 N–H and O–H groups in total. The molecule has 20 heavy (non-hydrogen) atoms. The second kappa shape index (κ2) is 4.93. The van der Waals surface area contributed by atoms with E-state index in [9.17, 15) is 5.11 Å². The quantitative estimate of drug-likeness (QED) is 0.580. The maximum absolute atomic E-state index is 10.9. The Morgan fingerprint density at radius 3 is 1.90 bits per heavy atom. The molecule has 0 radical (unpaired) electrons. The highest BCUT2D eigenvalue weighted by Gasteiger charge is 2.32. The zero-order chi connectivity index (χ0) is 15.1. The largest absolute Gasteiger partial charge is 0.398 e. The van der Waals surface area contributed by atoms with Crippen LogP contribution in [0.3, 0.4) is 0 Å². The fraction of sp³-hybridized carbons (Fsp3) is 0.294. The first-order valence-corrected chi connectivity index (χ1v) is 6.71. The lowest BCUT2D eigenvalue weighted by Gasteiger charge is -2.30. The number of nitrogen functional groups attached to an aromatic ring is 1. The van der Waals surface area contributed by atoms with Crippen LogP contribution in [0.25, 0.3) is 0 Å². The average molecular weight is 270 g/mol. The topological polar surface area (TPSA) is 72.3 Å². The van der Waals surface area contributed by atoms with Crippen molar-refractivity contribution < 1.29 is 5.11 Å². The smallest absolute Gasteiger partial charge is 0.168 e. The molecule has 3 heteroatoms. The molecular formula is C17H22N2O. The summed E-state index contributed by atoms with van der Waals surface area (Å²) >= 11 is 0. The molecule has 0 bridgehead atoms. The highest BCUT2D eigenvalue weighted by atomic mass is 16.3. The first kappa shape index (κ1) is 14.6. The van der Waals surface area contributed by atoms with E-state index in [2.05, 4.69) is 0 Å². The van der Waals surface area contributed by atoms with E-state index in [4.69, 9.17) is 11.5 Å². The minimum absolute atomic E-state index is 0.569. The second-order valence-electron chi connectivity index (χ2n) is 5.42. The first-order chi connectivity index (χ1) is 9.28. The normalized spacial score (nSPS) is 14.1. The van der Waals surface area contributed by atoms with E-state index < -0.39 is 5.72 Å². The van der Waals surface area contributed by atoms with Gasteiger partial charge in [-0.3, -0.25) is 5.73 Å². The molecular weight excluding hydrogens is 248 g/mol. The van der Waals surface area contributed by atoms with Gasteiger partial charge in [0.15, 0.2) is 5.72 Å². The van der Waals surface area contributed by atoms with E-state index >= 15 is 0 Å². The van der Waals surface area contributed by atoms with Crippen molar-refractivity contribution in [2.24, 2.45) is 5.73 Å². The molecule has 2 aromatic carbocycles. The molecule has 0 saturated heterocycles. The highest BCUT2D eigenvalue weighted by molar-refractivity contribution is 5.65. The van der Waals surface area contributed by atoms with E-state index in [1.54, 1.807) is 0 Å². The summed E-state index contributed by atoms with van der Waals surface area (Å²) in [4.78, 5) is 0. The van der Waals surface area contributed by atoms with Crippen molar-refractivity contribution in [3.05, 3.63) is 63.7 Å². The molecule has 0 heterocycles. The Labute approximate surface area is 120 Å². The van der Waals surface area contributed by atoms with Gasteiger partial charge in [-0.25, -0.2) is 0 Å². The number of rotatable bonds is 2. The molecule has 2 aromatic rings. The van der Waals surface area contributed by atoms with E-state index in [0.717, 1.165) is 22.3 Å². The molecule has 0 aliphatic rings. The third kappa shape index (κ3) is 2.09. The van der Waals surface area contributed by atoms with Crippen LogP contribution in [-0.4, -0.2) is 5.11 Å². The fourth-order valence-electron chi connectivity index (χ4n) is 2.67. The molecule has 1 atom stereocenters. The summed E-state index contributed by atoms with van der Waals surface area (Å²) in [5, 5.41) is 10.9. The summed E-state index contributed by atoms with van der Waals surface area (Å²) in [7, 11) is 0. The van der Waals surface area contributed by atoms with Crippen molar-refractivity contribution >= 4 is 5.69 Å². The van der Waals surface area contributed by atoms with Crippen LogP contribution in [0.5, 0.6) is 0 Å². The van der Waals surface area contributed by atoms with Crippen molar-refractivity contribution in [3.8, 4) is 0 Å². The molecule has 0 aliphatic heterocycles. The van der Waals surface area contributed by atoms with Gasteiger partial charge in [0.25, 0.3) is 0 Å². The van der Waals surface area contributed by atoms with E-state index in [-0.39, 0.29) is 0 Å². The van der Waals surface area contributed by atoms with E-state index in [0.29, 0.717) is 16.8 Å². The molecule has 3 nitrogen and oxygen atoms in total. The lowest BCUT2D eigenvalue weighted by molar-refractivity contribution is 0.0884. The molecule has 2 rings (SSSR count). The molecule has 0 fully saturated rings. The first-order valence-electron chi connectivity index (χ1n) is 6.71. The maximum atomic E-state index is 10.9. The molecule has 0 amide bonds. The summed E-state index contributed by atoms with van der Waals surface area (Å²) in [5.74, 6) is 0. The van der Waals surface area contributed by atoms with Gasteiger partial charge in [-0.05, 0) is 49.9 Å². The summed E-state index contributed by atoms with van der Waals surface area (Å²) in [6.07, 6.45) is 0. The van der Waals surface area contributed by atoms with Crippen LogP contribution in [0, 0.1) is 27.7 Å². The zero-order valence-corrected chi connectivity index (χ0v) is 12.5. The highest BCUT2D eigenvalue weighted by Crippen LogP contribution is 2.36. The number of aliphatic hydroxyl groups is 1. The van der Waals surface area contributed by atoms with E-state index in [1.165, 1.54) is 0 Å². The van der Waals surface area contributed by atoms with E-state index in [1.807, 2.05) is 58.0 Å². The predicted octanol–water partition coefficient (Wildman–Crippen LogP) is 2.65. The fourth-order valence-corrected chi connectivity index (χ4v) is 2.67. The average Bonchev–Trinajstić information content (AvgIpc) is 2.44. The Bertz CT molecular complexity index is 617. The molecule has 106 valence electrons. The predicted molar refractivity (Wildman–Crippen MR) is 83.4 cm³/mol. The van der Waals surface area contributed by atoms with Crippen molar-refractivity contribution in [2.45, 2.75) is 33.4 Å². The van der Waals surface area contributed by atoms with Crippen LogP contribution in [0.1, 0.15) is 33.4 Å². The standard InChI is InChI=1S/C17H22N2O/c1-10-11(2)13(4)16(18)15(12(10)3)17(19,20)14-8-6-5-7-9-14/h5-9,20H,18-19H2,1-4H3. The van der Waals surface area contributed by atoms with Crippen molar-refractivity contribution in [1.29, 1.82) is 0 Å². The maximum Gasteiger partial charge on any atom is 0.168 e. The van der Waals surface area contributed by atoms with Crippen molar-refractivity contribution in [3.63, 3.8) is 0 Å². The molecule has 0 spiro atoms. The second-order valence-corrected chi connectivity index (χ2v) is 5.42. The minimum Gasteiger partial charge on any atom is -0.398 e. The number of nitrogens with two attached hydrogens (primary N) is 2. The summed E-state index contributed by atoms with van der Waals surface area (Å²) in [5.41, 5.74) is 16.9. The van der Waals surface area contributed by atoms with Crippen LogP contribution < -0.4 is 11.5 Å². The Morgan fingerprint density at radius 1 is 0.850 bits per heavy atom. The number of benzene rings is 2. The van der Waals surface area contributed by atoms with Gasteiger partial charge in [0.2, 0.25) is 0 Å². The van der Waals surface area contributed by atoms with Gasteiger partial charge in [-0.2, -0.15) is 0 Å². The Hall–Kier alpha value is -1.84. The van der Waals surface area contributed by atoms with Gasteiger partial charge >= 0.3 is 0 Å². The monoisotopic (exact) mass is 270 g/mol. The lowest BCUT2D eigenvalue weighted by atomic mass is 9.84. The van der Waals surface area contributed by atoms with Gasteiger partial charge in [0.1, 0.15) is 0 Å². The van der Waals surface area contributed by atoms with Gasteiger partial charge in [0.05, 0.1) is 0 Å². The van der Waals surface area contributed by atoms with Crippen LogP contribution in [0.15, 0.2) is 30.3 Å². The number of hydrogen-bond donors (Lipinski definition) is 3. The SMILES string of the molecule is Cc1c(C)c(C)c(C(N)(O)c2ccccc2)c(N)c1C. The van der Waals surface area contributed by atoms with Crippen LogP contribution in [-0.2, 0) is 5.72 Å². The van der Waals surface area contributed by atoms with Crippen molar-refractivity contribution in [2.75, 3.05) is 5.73 Å².